The Morgan fingerprint density at radius 1 is 1.39 bits per heavy atom. The molecule has 1 amide bonds. The van der Waals surface area contributed by atoms with Crippen LogP contribution in [0.15, 0.2) is 12.1 Å². The predicted octanol–water partition coefficient (Wildman–Crippen LogP) is 0.422. The van der Waals surface area contributed by atoms with Crippen LogP contribution in [0.4, 0.5) is 0 Å². The van der Waals surface area contributed by atoms with Crippen molar-refractivity contribution in [3.63, 3.8) is 0 Å². The second-order valence-corrected chi connectivity index (χ2v) is 3.68. The van der Waals surface area contributed by atoms with Crippen LogP contribution in [0.1, 0.15) is 23.3 Å². The summed E-state index contributed by atoms with van der Waals surface area (Å²) in [6.07, 6.45) is 0.438. The molecule has 1 N–H and O–H groups in total. The molecule has 0 bridgehead atoms. The van der Waals surface area contributed by atoms with E-state index in [1.165, 1.54) is 18.1 Å². The van der Waals surface area contributed by atoms with Gasteiger partial charge in [0.05, 0.1) is 7.11 Å². The van der Waals surface area contributed by atoms with Crippen molar-refractivity contribution in [1.82, 2.24) is 15.1 Å². The van der Waals surface area contributed by atoms with Crippen molar-refractivity contribution < 1.29 is 19.4 Å². The fourth-order valence-corrected chi connectivity index (χ4v) is 1.31. The molecule has 0 aliphatic carbocycles. The molecular formula is C11H15N3O4. The molecule has 0 aromatic carbocycles. The van der Waals surface area contributed by atoms with Crippen LogP contribution in [0.25, 0.3) is 0 Å². The number of hydrogen-bond donors (Lipinski definition) is 1. The Morgan fingerprint density at radius 2 is 2.11 bits per heavy atom. The van der Waals surface area contributed by atoms with Gasteiger partial charge in [0, 0.05) is 26.1 Å². The Morgan fingerprint density at radius 3 is 2.61 bits per heavy atom. The van der Waals surface area contributed by atoms with Crippen LogP contribution in [0.3, 0.4) is 0 Å². The second kappa shape index (κ2) is 6.53. The van der Waals surface area contributed by atoms with Gasteiger partial charge in [0.1, 0.15) is 0 Å². The lowest BCUT2D eigenvalue weighted by atomic mass is 10.3. The van der Waals surface area contributed by atoms with Crippen molar-refractivity contribution in [3.05, 3.63) is 17.8 Å². The van der Waals surface area contributed by atoms with Crippen LogP contribution in [0, 0.1) is 0 Å². The van der Waals surface area contributed by atoms with Crippen molar-refractivity contribution in [2.24, 2.45) is 0 Å². The maximum absolute atomic E-state index is 11.9. The summed E-state index contributed by atoms with van der Waals surface area (Å²) in [6, 6.07) is 3.06. The fraction of sp³-hybridized carbons (Fsp3) is 0.455. The summed E-state index contributed by atoms with van der Waals surface area (Å²) in [7, 11) is 3.06. The Kier molecular flexibility index (Phi) is 5.04. The molecule has 0 unspecified atom stereocenters. The summed E-state index contributed by atoms with van der Waals surface area (Å²) in [5.74, 6) is -0.837. The van der Waals surface area contributed by atoms with Gasteiger partial charge in [-0.25, -0.2) is 0 Å². The van der Waals surface area contributed by atoms with E-state index >= 15 is 0 Å². The van der Waals surface area contributed by atoms with Gasteiger partial charge in [-0.05, 0) is 12.5 Å². The number of carbonyl (C=O) groups excluding carboxylic acids is 1. The highest BCUT2D eigenvalue weighted by Crippen LogP contribution is 2.06. The highest BCUT2D eigenvalue weighted by Gasteiger charge is 2.14. The summed E-state index contributed by atoms with van der Waals surface area (Å²) in [5.41, 5.74) is 0.202. The van der Waals surface area contributed by atoms with E-state index in [1.807, 2.05) is 0 Å². The van der Waals surface area contributed by atoms with E-state index in [-0.39, 0.29) is 18.0 Å². The minimum absolute atomic E-state index is 0.0336. The maximum Gasteiger partial charge on any atom is 0.303 e. The number of hydrogen-bond acceptors (Lipinski definition) is 5. The highest BCUT2D eigenvalue weighted by molar-refractivity contribution is 5.91. The van der Waals surface area contributed by atoms with Gasteiger partial charge in [-0.2, -0.15) is 0 Å². The lowest BCUT2D eigenvalue weighted by Crippen LogP contribution is -2.29. The number of nitrogens with zero attached hydrogens (tertiary/aromatic N) is 3. The van der Waals surface area contributed by atoms with Gasteiger partial charge < -0.3 is 14.7 Å². The molecule has 0 saturated heterocycles. The van der Waals surface area contributed by atoms with Crippen LogP contribution >= 0.6 is 0 Å². The van der Waals surface area contributed by atoms with Gasteiger partial charge in [-0.3, -0.25) is 9.59 Å². The minimum Gasteiger partial charge on any atom is -0.481 e. The number of aliphatic carboxylic acids is 1. The first-order valence-corrected chi connectivity index (χ1v) is 5.39. The van der Waals surface area contributed by atoms with E-state index in [0.717, 1.165) is 0 Å². The van der Waals surface area contributed by atoms with Crippen LogP contribution in [0.5, 0.6) is 5.88 Å². The zero-order valence-electron chi connectivity index (χ0n) is 10.3. The van der Waals surface area contributed by atoms with E-state index in [0.29, 0.717) is 18.8 Å². The number of rotatable bonds is 6. The average Bonchev–Trinajstić information content (AvgIpc) is 2.37. The van der Waals surface area contributed by atoms with Crippen molar-refractivity contribution in [3.8, 4) is 5.88 Å². The molecule has 0 aliphatic rings. The summed E-state index contributed by atoms with van der Waals surface area (Å²) in [4.78, 5) is 23.6. The molecule has 7 nitrogen and oxygen atoms in total. The van der Waals surface area contributed by atoms with Crippen molar-refractivity contribution in [1.29, 1.82) is 0 Å². The third-order valence-corrected chi connectivity index (χ3v) is 2.30. The lowest BCUT2D eigenvalue weighted by Gasteiger charge is -2.15. The van der Waals surface area contributed by atoms with E-state index < -0.39 is 5.97 Å². The first kappa shape index (κ1) is 13.9. The standard InChI is InChI=1S/C11H15N3O4/c1-14(7-3-4-10(15)16)11(17)8-5-6-9(18-2)13-12-8/h5-6H,3-4,7H2,1-2H3,(H,15,16). The predicted molar refractivity (Wildman–Crippen MR) is 62.4 cm³/mol. The van der Waals surface area contributed by atoms with Crippen molar-refractivity contribution in [2.45, 2.75) is 12.8 Å². The van der Waals surface area contributed by atoms with Gasteiger partial charge >= 0.3 is 5.97 Å². The van der Waals surface area contributed by atoms with Crippen LogP contribution in [-0.4, -0.2) is 52.8 Å². The first-order valence-electron chi connectivity index (χ1n) is 5.39. The largest absolute Gasteiger partial charge is 0.481 e. The lowest BCUT2D eigenvalue weighted by molar-refractivity contribution is -0.137. The minimum atomic E-state index is -0.875. The molecule has 0 saturated carbocycles. The fourth-order valence-electron chi connectivity index (χ4n) is 1.31. The quantitative estimate of drug-likeness (QED) is 0.789. The summed E-state index contributed by atoms with van der Waals surface area (Å²) >= 11 is 0. The zero-order valence-corrected chi connectivity index (χ0v) is 10.3. The summed E-state index contributed by atoms with van der Waals surface area (Å²) in [5, 5.41) is 15.9. The molecule has 1 aromatic heterocycles. The van der Waals surface area contributed by atoms with E-state index in [9.17, 15) is 9.59 Å². The number of methoxy groups -OCH3 is 1. The Balaban J connectivity index is 2.54. The molecule has 1 aromatic rings. The van der Waals surface area contributed by atoms with Crippen LogP contribution < -0.4 is 4.74 Å². The Labute approximate surface area is 104 Å². The molecule has 18 heavy (non-hydrogen) atoms. The SMILES string of the molecule is COc1ccc(C(=O)N(C)CCCC(=O)O)nn1. The van der Waals surface area contributed by atoms with Gasteiger partial charge in [-0.15, -0.1) is 10.2 Å². The Hall–Kier alpha value is -2.18. The first-order chi connectivity index (χ1) is 8.54. The number of carboxylic acid groups (broad SMARTS) is 1. The molecule has 0 atom stereocenters. The van der Waals surface area contributed by atoms with Gasteiger partial charge in [0.2, 0.25) is 5.88 Å². The van der Waals surface area contributed by atoms with Gasteiger partial charge in [-0.1, -0.05) is 0 Å². The highest BCUT2D eigenvalue weighted by atomic mass is 16.5. The number of carboxylic acids is 1. The number of aromatic nitrogens is 2. The third kappa shape index (κ3) is 4.00. The average molecular weight is 253 g/mol. The smallest absolute Gasteiger partial charge is 0.303 e. The van der Waals surface area contributed by atoms with E-state index in [1.54, 1.807) is 13.1 Å². The second-order valence-electron chi connectivity index (χ2n) is 3.68. The molecule has 7 heteroatoms. The van der Waals surface area contributed by atoms with Crippen LogP contribution in [0.2, 0.25) is 0 Å². The van der Waals surface area contributed by atoms with Crippen molar-refractivity contribution >= 4 is 11.9 Å². The zero-order chi connectivity index (χ0) is 13.5. The molecule has 98 valence electrons. The summed E-state index contributed by atoms with van der Waals surface area (Å²) in [6.45, 7) is 0.360. The van der Waals surface area contributed by atoms with Crippen LogP contribution in [-0.2, 0) is 4.79 Å². The van der Waals surface area contributed by atoms with Gasteiger partial charge in [0.15, 0.2) is 5.69 Å². The normalized spacial score (nSPS) is 9.89. The molecule has 0 aliphatic heterocycles. The topological polar surface area (TPSA) is 92.6 Å². The molecule has 0 fully saturated rings. The number of carbonyl (C=O) groups is 2. The molecule has 0 spiro atoms. The third-order valence-electron chi connectivity index (χ3n) is 2.30. The summed E-state index contributed by atoms with van der Waals surface area (Å²) < 4.78 is 4.84. The molecule has 1 rings (SSSR count). The van der Waals surface area contributed by atoms with Gasteiger partial charge in [0.25, 0.3) is 5.91 Å². The maximum atomic E-state index is 11.9. The monoisotopic (exact) mass is 253 g/mol. The number of ether oxygens (including phenoxy) is 1. The molecule has 0 radical (unpaired) electrons. The van der Waals surface area contributed by atoms with E-state index in [4.69, 9.17) is 9.84 Å². The molecular weight excluding hydrogens is 238 g/mol. The number of amides is 1. The van der Waals surface area contributed by atoms with Crippen molar-refractivity contribution in [2.75, 3.05) is 20.7 Å². The van der Waals surface area contributed by atoms with E-state index in [2.05, 4.69) is 10.2 Å². The molecule has 1 heterocycles. The Bertz CT molecular complexity index is 419.